The van der Waals surface area contributed by atoms with Crippen molar-refractivity contribution >= 4 is 17.6 Å². The SMILES string of the molecule is COc1cccc(COc2ccc3c(n2)n(CC2CCCCC2OC=O)c(=O)n3C)c1. The van der Waals surface area contributed by atoms with Gasteiger partial charge in [-0.1, -0.05) is 18.6 Å². The molecule has 164 valence electrons. The second-order valence-electron chi connectivity index (χ2n) is 7.90. The minimum absolute atomic E-state index is 0.0883. The van der Waals surface area contributed by atoms with Crippen LogP contribution in [0, 0.1) is 5.92 Å². The number of hydrogen-bond acceptors (Lipinski definition) is 6. The van der Waals surface area contributed by atoms with E-state index in [2.05, 4.69) is 4.98 Å². The Hall–Kier alpha value is -3.29. The lowest BCUT2D eigenvalue weighted by Crippen LogP contribution is -2.34. The Bertz CT molecular complexity index is 1120. The van der Waals surface area contributed by atoms with Crippen molar-refractivity contribution in [1.29, 1.82) is 0 Å². The molecule has 1 fully saturated rings. The zero-order valence-corrected chi connectivity index (χ0v) is 17.8. The maximum absolute atomic E-state index is 12.9. The number of hydrogen-bond donors (Lipinski definition) is 0. The maximum Gasteiger partial charge on any atom is 0.330 e. The number of methoxy groups -OCH3 is 1. The van der Waals surface area contributed by atoms with Crippen LogP contribution >= 0.6 is 0 Å². The summed E-state index contributed by atoms with van der Waals surface area (Å²) in [5, 5.41) is 0. The number of benzene rings is 1. The Morgan fingerprint density at radius 3 is 2.84 bits per heavy atom. The lowest BCUT2D eigenvalue weighted by molar-refractivity contribution is -0.138. The fourth-order valence-corrected chi connectivity index (χ4v) is 4.29. The molecule has 0 bridgehead atoms. The largest absolute Gasteiger partial charge is 0.497 e. The third-order valence-corrected chi connectivity index (χ3v) is 5.97. The van der Waals surface area contributed by atoms with Gasteiger partial charge in [0.1, 0.15) is 18.5 Å². The molecule has 2 unspecified atom stereocenters. The summed E-state index contributed by atoms with van der Waals surface area (Å²) in [6, 6.07) is 11.3. The molecule has 2 heterocycles. The third-order valence-electron chi connectivity index (χ3n) is 5.97. The number of ether oxygens (including phenoxy) is 3. The van der Waals surface area contributed by atoms with Crippen LogP contribution in [0.4, 0.5) is 0 Å². The van der Waals surface area contributed by atoms with Crippen molar-refractivity contribution in [3.8, 4) is 11.6 Å². The molecule has 31 heavy (non-hydrogen) atoms. The fourth-order valence-electron chi connectivity index (χ4n) is 4.29. The second-order valence-corrected chi connectivity index (χ2v) is 7.90. The first-order chi connectivity index (χ1) is 15.1. The van der Waals surface area contributed by atoms with Crippen LogP contribution in [0.2, 0.25) is 0 Å². The predicted octanol–water partition coefficient (Wildman–Crippen LogP) is 3.05. The molecular weight excluding hydrogens is 398 g/mol. The highest BCUT2D eigenvalue weighted by Crippen LogP contribution is 2.29. The first-order valence-corrected chi connectivity index (χ1v) is 10.5. The van der Waals surface area contributed by atoms with Crippen LogP contribution in [0.1, 0.15) is 31.2 Å². The van der Waals surface area contributed by atoms with Crippen LogP contribution < -0.4 is 15.2 Å². The van der Waals surface area contributed by atoms with Crippen LogP contribution in [0.15, 0.2) is 41.2 Å². The minimum Gasteiger partial charge on any atom is -0.497 e. The predicted molar refractivity (Wildman–Crippen MR) is 115 cm³/mol. The normalized spacial score (nSPS) is 18.6. The standard InChI is InChI=1S/C23H27N3O5/c1-25-19-10-11-21(30-14-16-6-5-8-18(12-16)29-2)24-22(19)26(23(25)28)13-17-7-3-4-9-20(17)31-15-27/h5-6,8,10-12,15,17,20H,3-4,7,9,13-14H2,1-2H3. The first-order valence-electron chi connectivity index (χ1n) is 10.5. The van der Waals surface area contributed by atoms with Gasteiger partial charge in [-0.05, 0) is 43.0 Å². The molecule has 0 saturated heterocycles. The topological polar surface area (TPSA) is 84.6 Å². The van der Waals surface area contributed by atoms with E-state index < -0.39 is 0 Å². The summed E-state index contributed by atoms with van der Waals surface area (Å²) in [6.07, 6.45) is 3.66. The van der Waals surface area contributed by atoms with Crippen molar-refractivity contribution in [1.82, 2.24) is 14.1 Å². The molecule has 8 nitrogen and oxygen atoms in total. The number of carbonyl (C=O) groups is 1. The van der Waals surface area contributed by atoms with Gasteiger partial charge in [0.05, 0.1) is 12.6 Å². The second kappa shape index (κ2) is 9.24. The van der Waals surface area contributed by atoms with Crippen LogP contribution in [0.3, 0.4) is 0 Å². The number of rotatable bonds is 8. The number of carbonyl (C=O) groups excluding carboxylic acids is 1. The highest BCUT2D eigenvalue weighted by Gasteiger charge is 2.28. The summed E-state index contributed by atoms with van der Waals surface area (Å²) in [7, 11) is 3.36. The lowest BCUT2D eigenvalue weighted by atomic mass is 9.86. The van der Waals surface area contributed by atoms with Crippen LogP contribution in [0.5, 0.6) is 11.6 Å². The maximum atomic E-state index is 12.9. The molecule has 0 radical (unpaired) electrons. The average molecular weight is 425 g/mol. The molecular formula is C23H27N3O5. The fraction of sp³-hybridized carbons (Fsp3) is 0.435. The summed E-state index contributed by atoms with van der Waals surface area (Å²) in [4.78, 5) is 28.4. The average Bonchev–Trinajstić information content (AvgIpc) is 3.03. The minimum atomic E-state index is -0.166. The van der Waals surface area contributed by atoms with Crippen LogP contribution in [0.25, 0.3) is 11.2 Å². The quantitative estimate of drug-likeness (QED) is 0.516. The van der Waals surface area contributed by atoms with E-state index in [0.717, 1.165) is 42.5 Å². The summed E-state index contributed by atoms with van der Waals surface area (Å²) >= 11 is 0. The van der Waals surface area contributed by atoms with Gasteiger partial charge in [0.2, 0.25) is 5.88 Å². The first kappa shape index (κ1) is 21.0. The molecule has 2 atom stereocenters. The number of fused-ring (bicyclic) bond motifs is 1. The molecule has 8 heteroatoms. The number of pyridine rings is 1. The van der Waals surface area contributed by atoms with E-state index in [1.54, 1.807) is 29.4 Å². The van der Waals surface area contributed by atoms with Crippen molar-refractivity contribution in [3.05, 3.63) is 52.4 Å². The molecule has 3 aromatic rings. The van der Waals surface area contributed by atoms with Gasteiger partial charge in [-0.15, -0.1) is 0 Å². The lowest BCUT2D eigenvalue weighted by Gasteiger charge is -2.29. The van der Waals surface area contributed by atoms with Crippen molar-refractivity contribution in [2.75, 3.05) is 7.11 Å². The summed E-state index contributed by atoms with van der Waals surface area (Å²) in [6.45, 7) is 1.31. The Morgan fingerprint density at radius 2 is 2.03 bits per heavy atom. The van der Waals surface area contributed by atoms with Crippen molar-refractivity contribution in [2.24, 2.45) is 13.0 Å². The number of imidazole rings is 1. The molecule has 1 aliphatic rings. The van der Waals surface area contributed by atoms with Gasteiger partial charge in [0.15, 0.2) is 5.65 Å². The number of nitrogens with zero attached hydrogens (tertiary/aromatic N) is 3. The molecule has 4 rings (SSSR count). The van der Waals surface area contributed by atoms with E-state index in [4.69, 9.17) is 14.2 Å². The Kier molecular flexibility index (Phi) is 6.25. The van der Waals surface area contributed by atoms with Gasteiger partial charge in [0.25, 0.3) is 6.47 Å². The number of aromatic nitrogens is 3. The molecule has 1 saturated carbocycles. The van der Waals surface area contributed by atoms with E-state index >= 15 is 0 Å². The summed E-state index contributed by atoms with van der Waals surface area (Å²) in [5.74, 6) is 1.30. The Balaban J connectivity index is 1.59. The summed E-state index contributed by atoms with van der Waals surface area (Å²) in [5.41, 5.74) is 2.14. The van der Waals surface area contributed by atoms with Gasteiger partial charge in [0, 0.05) is 25.6 Å². The van der Waals surface area contributed by atoms with E-state index in [-0.39, 0.29) is 17.7 Å². The monoisotopic (exact) mass is 425 g/mol. The molecule has 1 aliphatic carbocycles. The van der Waals surface area contributed by atoms with Gasteiger partial charge >= 0.3 is 5.69 Å². The Morgan fingerprint density at radius 1 is 1.19 bits per heavy atom. The number of aryl methyl sites for hydroxylation is 1. The Labute approximate surface area is 180 Å². The van der Waals surface area contributed by atoms with Gasteiger partial charge in [-0.25, -0.2) is 4.79 Å². The third kappa shape index (κ3) is 4.42. The molecule has 1 aromatic carbocycles. The molecule has 0 N–H and O–H groups in total. The van der Waals surface area contributed by atoms with E-state index in [9.17, 15) is 9.59 Å². The molecule has 0 aliphatic heterocycles. The van der Waals surface area contributed by atoms with Crippen molar-refractivity contribution < 1.29 is 19.0 Å². The van der Waals surface area contributed by atoms with Gasteiger partial charge < -0.3 is 14.2 Å². The van der Waals surface area contributed by atoms with Crippen molar-refractivity contribution in [2.45, 2.75) is 44.9 Å². The van der Waals surface area contributed by atoms with Gasteiger partial charge in [-0.2, -0.15) is 4.98 Å². The zero-order valence-electron chi connectivity index (χ0n) is 17.8. The highest BCUT2D eigenvalue weighted by molar-refractivity contribution is 5.72. The highest BCUT2D eigenvalue weighted by atomic mass is 16.5. The summed E-state index contributed by atoms with van der Waals surface area (Å²) < 4.78 is 19.7. The van der Waals surface area contributed by atoms with Crippen LogP contribution in [-0.4, -0.2) is 33.8 Å². The van der Waals surface area contributed by atoms with E-state index in [1.807, 2.05) is 30.3 Å². The molecule has 0 spiro atoms. The van der Waals surface area contributed by atoms with E-state index in [1.165, 1.54) is 0 Å². The molecule has 0 amide bonds. The van der Waals surface area contributed by atoms with Gasteiger partial charge in [-0.3, -0.25) is 13.9 Å². The van der Waals surface area contributed by atoms with Crippen molar-refractivity contribution in [3.63, 3.8) is 0 Å². The molecule has 2 aromatic heterocycles. The zero-order chi connectivity index (χ0) is 21.8. The van der Waals surface area contributed by atoms with E-state index in [0.29, 0.717) is 31.2 Å². The smallest absolute Gasteiger partial charge is 0.330 e. The van der Waals surface area contributed by atoms with Crippen LogP contribution in [-0.2, 0) is 29.7 Å².